The Balaban J connectivity index is 1.21. The van der Waals surface area contributed by atoms with Crippen LogP contribution in [-0.2, 0) is 19.3 Å². The van der Waals surface area contributed by atoms with Gasteiger partial charge in [0.15, 0.2) is 15.7 Å². The van der Waals surface area contributed by atoms with Crippen LogP contribution in [0.2, 0.25) is 0 Å². The average Bonchev–Trinajstić information content (AvgIpc) is 3.91. The maximum absolute atomic E-state index is 13.7. The van der Waals surface area contributed by atoms with Crippen LogP contribution in [0, 0.1) is 0 Å². The Kier molecular flexibility index (Phi) is 8.92. The zero-order valence-corrected chi connectivity index (χ0v) is 28.7. The zero-order chi connectivity index (χ0) is 32.8. The SMILES string of the molecule is CC(C)OC(=O)NC1CCC(c2ncc(-c3ccc(Nc4cc(C5CC5)n(C(=O)OC(C)(C)C)n4)cc3S(=O)(=O)C3CC3)s2)CC1. The molecule has 3 aliphatic carbocycles. The number of aromatic nitrogens is 3. The third-order valence-electron chi connectivity index (χ3n) is 8.35. The van der Waals surface area contributed by atoms with E-state index in [1.807, 2.05) is 52.8 Å². The number of amides is 1. The smallest absolute Gasteiger partial charge is 0.435 e. The number of anilines is 2. The molecule has 0 radical (unpaired) electrons. The molecule has 1 amide bonds. The van der Waals surface area contributed by atoms with Gasteiger partial charge in [0, 0.05) is 41.4 Å². The topological polar surface area (TPSA) is 142 Å². The van der Waals surface area contributed by atoms with Crippen LogP contribution in [0.3, 0.4) is 0 Å². The van der Waals surface area contributed by atoms with Gasteiger partial charge in [-0.15, -0.1) is 16.4 Å². The molecule has 0 saturated heterocycles. The highest BCUT2D eigenvalue weighted by Crippen LogP contribution is 2.44. The zero-order valence-electron chi connectivity index (χ0n) is 27.0. The second kappa shape index (κ2) is 12.6. The molecule has 0 aliphatic heterocycles. The summed E-state index contributed by atoms with van der Waals surface area (Å²) in [5.74, 6) is 0.956. The van der Waals surface area contributed by atoms with E-state index in [0.29, 0.717) is 29.9 Å². The molecular formula is C33H43N5O6S2. The minimum absolute atomic E-state index is 0.0770. The van der Waals surface area contributed by atoms with E-state index in [4.69, 9.17) is 14.5 Å². The van der Waals surface area contributed by atoms with E-state index in [1.165, 1.54) is 16.0 Å². The highest BCUT2D eigenvalue weighted by Gasteiger charge is 2.39. The van der Waals surface area contributed by atoms with Crippen molar-refractivity contribution in [3.8, 4) is 10.4 Å². The molecule has 2 N–H and O–H groups in total. The lowest BCUT2D eigenvalue weighted by atomic mass is 9.86. The molecule has 6 rings (SSSR count). The molecule has 2 aromatic heterocycles. The lowest BCUT2D eigenvalue weighted by molar-refractivity contribution is 0.0509. The monoisotopic (exact) mass is 669 g/mol. The number of alkyl carbamates (subject to hydrolysis) is 1. The summed E-state index contributed by atoms with van der Waals surface area (Å²) >= 11 is 1.54. The summed E-state index contributed by atoms with van der Waals surface area (Å²) in [4.78, 5) is 30.7. The number of carbonyl (C=O) groups excluding carboxylic acids is 2. The highest BCUT2D eigenvalue weighted by atomic mass is 32.2. The van der Waals surface area contributed by atoms with Crippen molar-refractivity contribution in [2.45, 2.75) is 126 Å². The van der Waals surface area contributed by atoms with E-state index in [0.717, 1.165) is 54.1 Å². The van der Waals surface area contributed by atoms with Gasteiger partial charge in [-0.25, -0.2) is 23.0 Å². The van der Waals surface area contributed by atoms with E-state index in [-0.39, 0.29) is 40.2 Å². The third-order valence-corrected chi connectivity index (χ3v) is 11.8. The second-order valence-electron chi connectivity index (χ2n) is 13.9. The standard InChI is InChI=1S/C33H43N5O6S2/c1-19(2)43-31(39)36-22-10-8-21(9-11-22)30-34-18-27(45-30)25-15-12-23(16-28(25)46(41,42)24-13-14-24)35-29-17-26(20-6-7-20)38(37-29)32(40)44-33(3,4)5/h12,15-22,24H,6-11,13-14H2,1-5H3,(H,35,37)(H,36,39). The molecule has 3 aromatic rings. The van der Waals surface area contributed by atoms with E-state index in [2.05, 4.69) is 15.7 Å². The number of sulfone groups is 1. The van der Waals surface area contributed by atoms with Gasteiger partial charge in [0.1, 0.15) is 5.60 Å². The van der Waals surface area contributed by atoms with E-state index < -0.39 is 21.5 Å². The van der Waals surface area contributed by atoms with E-state index in [1.54, 1.807) is 12.3 Å². The average molecular weight is 670 g/mol. The second-order valence-corrected chi connectivity index (χ2v) is 17.2. The van der Waals surface area contributed by atoms with E-state index in [9.17, 15) is 18.0 Å². The Labute approximate surface area is 274 Å². The number of rotatable bonds is 9. The Morgan fingerprint density at radius 3 is 2.33 bits per heavy atom. The molecule has 0 unspecified atom stereocenters. The summed E-state index contributed by atoms with van der Waals surface area (Å²) in [6.45, 7) is 9.11. The van der Waals surface area contributed by atoms with Gasteiger partial charge >= 0.3 is 12.2 Å². The first kappa shape index (κ1) is 32.5. The third kappa shape index (κ3) is 7.57. The van der Waals surface area contributed by atoms with Crippen LogP contribution in [0.1, 0.15) is 109 Å². The minimum atomic E-state index is -3.56. The first-order valence-corrected chi connectivity index (χ1v) is 18.5. The predicted octanol–water partition coefficient (Wildman–Crippen LogP) is 7.51. The van der Waals surface area contributed by atoms with Crippen LogP contribution in [0.15, 0.2) is 35.4 Å². The summed E-state index contributed by atoms with van der Waals surface area (Å²) in [5.41, 5.74) is 1.35. The molecular weight excluding hydrogens is 627 g/mol. The van der Waals surface area contributed by atoms with Gasteiger partial charge in [-0.3, -0.25) is 0 Å². The van der Waals surface area contributed by atoms with Crippen LogP contribution in [0.5, 0.6) is 0 Å². The molecule has 0 spiro atoms. The van der Waals surface area contributed by atoms with Crippen molar-refractivity contribution in [2.24, 2.45) is 0 Å². The highest BCUT2D eigenvalue weighted by molar-refractivity contribution is 7.92. The lowest BCUT2D eigenvalue weighted by Gasteiger charge is -2.28. The van der Waals surface area contributed by atoms with Crippen LogP contribution in [0.25, 0.3) is 10.4 Å². The minimum Gasteiger partial charge on any atom is -0.447 e. The predicted molar refractivity (Wildman–Crippen MR) is 177 cm³/mol. The van der Waals surface area contributed by atoms with Crippen molar-refractivity contribution in [2.75, 3.05) is 5.32 Å². The number of ether oxygens (including phenoxy) is 2. The molecule has 2 heterocycles. The molecule has 3 saturated carbocycles. The number of hydrogen-bond donors (Lipinski definition) is 2. The van der Waals surface area contributed by atoms with Crippen LogP contribution >= 0.6 is 11.3 Å². The first-order chi connectivity index (χ1) is 21.8. The van der Waals surface area contributed by atoms with Crippen LogP contribution in [0.4, 0.5) is 21.1 Å². The van der Waals surface area contributed by atoms with Crippen molar-refractivity contribution in [1.82, 2.24) is 20.1 Å². The van der Waals surface area contributed by atoms with Crippen molar-refractivity contribution < 1.29 is 27.5 Å². The summed E-state index contributed by atoms with van der Waals surface area (Å²) in [6, 6.07) is 7.28. The lowest BCUT2D eigenvalue weighted by Crippen LogP contribution is -2.38. The van der Waals surface area contributed by atoms with Crippen molar-refractivity contribution >= 4 is 44.9 Å². The Bertz CT molecular complexity index is 1710. The molecule has 46 heavy (non-hydrogen) atoms. The summed E-state index contributed by atoms with van der Waals surface area (Å²) in [7, 11) is -3.56. The van der Waals surface area contributed by atoms with Crippen LogP contribution < -0.4 is 10.6 Å². The van der Waals surface area contributed by atoms with Crippen molar-refractivity contribution in [3.05, 3.63) is 41.2 Å². The van der Waals surface area contributed by atoms with Crippen LogP contribution in [-0.4, -0.2) is 58.4 Å². The molecule has 0 bridgehead atoms. The van der Waals surface area contributed by atoms with Gasteiger partial charge < -0.3 is 20.1 Å². The van der Waals surface area contributed by atoms with Crippen molar-refractivity contribution in [3.63, 3.8) is 0 Å². The number of thiazole rings is 1. The molecule has 13 heteroatoms. The maximum Gasteiger partial charge on any atom is 0.435 e. The maximum atomic E-state index is 13.7. The number of hydrogen-bond acceptors (Lipinski definition) is 10. The number of nitrogens with zero attached hydrogens (tertiary/aromatic N) is 3. The molecule has 11 nitrogen and oxygen atoms in total. The summed E-state index contributed by atoms with van der Waals surface area (Å²) < 4.78 is 39.5. The van der Waals surface area contributed by atoms with E-state index >= 15 is 0 Å². The quantitative estimate of drug-likeness (QED) is 0.237. The van der Waals surface area contributed by atoms with Gasteiger partial charge in [0.25, 0.3) is 0 Å². The van der Waals surface area contributed by atoms with Gasteiger partial charge in [0.05, 0.1) is 31.8 Å². The number of nitrogens with one attached hydrogen (secondary N) is 2. The molecule has 3 aliphatic rings. The molecule has 0 atom stereocenters. The number of benzene rings is 1. The Morgan fingerprint density at radius 2 is 1.70 bits per heavy atom. The fourth-order valence-corrected chi connectivity index (χ4v) is 8.91. The van der Waals surface area contributed by atoms with Gasteiger partial charge in [-0.05, 0) is 98.1 Å². The van der Waals surface area contributed by atoms with Gasteiger partial charge in [-0.1, -0.05) is 6.07 Å². The Hall–Kier alpha value is -3.45. The van der Waals surface area contributed by atoms with Crippen molar-refractivity contribution in [1.29, 1.82) is 0 Å². The molecule has 3 fully saturated rings. The molecule has 1 aromatic carbocycles. The largest absolute Gasteiger partial charge is 0.447 e. The summed E-state index contributed by atoms with van der Waals surface area (Å²) in [5, 5.41) is 11.3. The van der Waals surface area contributed by atoms with Gasteiger partial charge in [-0.2, -0.15) is 4.68 Å². The first-order valence-electron chi connectivity index (χ1n) is 16.2. The molecule has 248 valence electrons. The fraction of sp³-hybridized carbons (Fsp3) is 0.576. The normalized spacial score (nSPS) is 20.4. The number of carbonyl (C=O) groups is 2. The Morgan fingerprint density at radius 1 is 1.00 bits per heavy atom. The summed E-state index contributed by atoms with van der Waals surface area (Å²) in [6.07, 6.45) is 7.41. The fourth-order valence-electron chi connectivity index (χ4n) is 5.82. The van der Waals surface area contributed by atoms with Gasteiger partial charge in [0.2, 0.25) is 0 Å².